The largest absolute Gasteiger partial charge is 0.462 e. The number of hydrogen-bond donors (Lipinski definition) is 2. The molecule has 2 N–H and O–H groups in total. The molecule has 176 valence electrons. The molecule has 8 nitrogen and oxygen atoms in total. The summed E-state index contributed by atoms with van der Waals surface area (Å²) >= 11 is 6.75. The van der Waals surface area contributed by atoms with E-state index in [-0.39, 0.29) is 22.2 Å². The van der Waals surface area contributed by atoms with Gasteiger partial charge in [0.2, 0.25) is 10.0 Å². The molecule has 1 fully saturated rings. The zero-order valence-corrected chi connectivity index (χ0v) is 20.6. The average Bonchev–Trinajstić information content (AvgIpc) is 3.52. The van der Waals surface area contributed by atoms with E-state index in [9.17, 15) is 18.0 Å². The Bertz CT molecular complexity index is 1180. The molecule has 2 aromatic rings. The van der Waals surface area contributed by atoms with Crippen LogP contribution < -0.4 is 10.6 Å². The molecule has 1 amide bonds. The van der Waals surface area contributed by atoms with Crippen molar-refractivity contribution in [1.29, 1.82) is 0 Å². The normalized spacial score (nSPS) is 15.8. The van der Waals surface area contributed by atoms with Gasteiger partial charge < -0.3 is 10.1 Å². The van der Waals surface area contributed by atoms with Crippen LogP contribution in [0.4, 0.5) is 5.00 Å². The molecular weight excluding hydrogens is 482 g/mol. The molecule has 0 unspecified atom stereocenters. The number of aryl methyl sites for hydroxylation is 1. The first-order valence-electron chi connectivity index (χ1n) is 10.9. The number of thiophene rings is 1. The summed E-state index contributed by atoms with van der Waals surface area (Å²) in [4.78, 5) is 26.4. The highest BCUT2D eigenvalue weighted by Gasteiger charge is 2.29. The number of hydrogen-bond acceptors (Lipinski definition) is 7. The van der Waals surface area contributed by atoms with E-state index in [0.717, 1.165) is 42.5 Å². The Kier molecular flexibility index (Phi) is 7.13. The van der Waals surface area contributed by atoms with Crippen LogP contribution in [0.1, 0.15) is 57.3 Å². The fraction of sp³-hybridized carbons (Fsp3) is 0.409. The molecule has 1 aliphatic carbocycles. The fourth-order valence-electron chi connectivity index (χ4n) is 4.08. The number of ether oxygens (including phenoxy) is 1. The number of sulfonamides is 1. The number of anilines is 1. The van der Waals surface area contributed by atoms with Crippen LogP contribution in [-0.2, 0) is 27.6 Å². The number of benzene rings is 1. The minimum atomic E-state index is -3.54. The number of esters is 1. The van der Waals surface area contributed by atoms with Gasteiger partial charge in [0.15, 0.2) is 5.11 Å². The Hall–Kier alpha value is -2.34. The number of nitrogens with one attached hydrogen (secondary N) is 2. The molecule has 1 saturated heterocycles. The number of carbonyl (C=O) groups is 2. The van der Waals surface area contributed by atoms with E-state index >= 15 is 0 Å². The highest BCUT2D eigenvalue weighted by Crippen LogP contribution is 2.39. The van der Waals surface area contributed by atoms with Crippen LogP contribution in [0, 0.1) is 0 Å². The lowest BCUT2D eigenvalue weighted by molar-refractivity contribution is 0.0527. The van der Waals surface area contributed by atoms with E-state index < -0.39 is 21.9 Å². The van der Waals surface area contributed by atoms with Gasteiger partial charge in [-0.25, -0.2) is 13.2 Å². The molecule has 0 atom stereocenters. The zero-order chi connectivity index (χ0) is 23.6. The van der Waals surface area contributed by atoms with Crippen LogP contribution in [0.15, 0.2) is 29.2 Å². The maximum atomic E-state index is 12.6. The minimum Gasteiger partial charge on any atom is -0.462 e. The Labute approximate surface area is 202 Å². The Morgan fingerprint density at radius 3 is 2.48 bits per heavy atom. The Morgan fingerprint density at radius 1 is 1.12 bits per heavy atom. The van der Waals surface area contributed by atoms with Gasteiger partial charge in [-0.3, -0.25) is 10.1 Å². The smallest absolute Gasteiger partial charge is 0.341 e. The van der Waals surface area contributed by atoms with Gasteiger partial charge in [-0.2, -0.15) is 4.31 Å². The van der Waals surface area contributed by atoms with Gasteiger partial charge in [-0.05, 0) is 81.1 Å². The third kappa shape index (κ3) is 4.96. The predicted octanol–water partition coefficient (Wildman–Crippen LogP) is 3.32. The molecule has 4 rings (SSSR count). The summed E-state index contributed by atoms with van der Waals surface area (Å²) in [7, 11) is -3.54. The average molecular weight is 508 g/mol. The monoisotopic (exact) mass is 507 g/mol. The molecule has 1 aliphatic heterocycles. The summed E-state index contributed by atoms with van der Waals surface area (Å²) < 4.78 is 32.0. The van der Waals surface area contributed by atoms with E-state index in [1.807, 2.05) is 0 Å². The van der Waals surface area contributed by atoms with Crippen LogP contribution in [0.2, 0.25) is 0 Å². The summed E-state index contributed by atoms with van der Waals surface area (Å²) in [6.07, 6.45) is 4.43. The quantitative estimate of drug-likeness (QED) is 0.456. The number of nitrogens with zero attached hydrogens (tertiary/aromatic N) is 1. The van der Waals surface area contributed by atoms with E-state index in [0.29, 0.717) is 23.7 Å². The van der Waals surface area contributed by atoms with Gasteiger partial charge in [0.1, 0.15) is 5.00 Å². The predicted molar refractivity (Wildman–Crippen MR) is 130 cm³/mol. The van der Waals surface area contributed by atoms with Crippen molar-refractivity contribution >= 4 is 55.6 Å². The number of fused-ring (bicyclic) bond motifs is 1. The van der Waals surface area contributed by atoms with Crippen molar-refractivity contribution in [2.45, 2.75) is 43.9 Å². The van der Waals surface area contributed by atoms with Crippen molar-refractivity contribution < 1.29 is 22.7 Å². The van der Waals surface area contributed by atoms with Gasteiger partial charge in [0, 0.05) is 23.5 Å². The second-order valence-electron chi connectivity index (χ2n) is 7.83. The molecule has 11 heteroatoms. The molecule has 0 radical (unpaired) electrons. The van der Waals surface area contributed by atoms with Crippen molar-refractivity contribution in [3.8, 4) is 0 Å². The van der Waals surface area contributed by atoms with Gasteiger partial charge in [-0.15, -0.1) is 11.3 Å². The van der Waals surface area contributed by atoms with E-state index in [4.69, 9.17) is 17.0 Å². The second-order valence-corrected chi connectivity index (χ2v) is 11.3. The van der Waals surface area contributed by atoms with Crippen molar-refractivity contribution in [2.24, 2.45) is 0 Å². The standard InChI is InChI=1S/C22H25N3O5S3/c1-2-30-21(27)18-16-6-5-7-17(16)32-20(18)24-22(31)23-19(26)14-8-10-15(11-9-14)33(28,29)25-12-3-4-13-25/h8-11H,2-7,12-13H2,1H3,(H2,23,24,26,31). The number of carbonyl (C=O) groups excluding carboxylic acids is 2. The van der Waals surface area contributed by atoms with Gasteiger partial charge in [0.05, 0.1) is 17.1 Å². The van der Waals surface area contributed by atoms with Crippen LogP contribution >= 0.6 is 23.6 Å². The Balaban J connectivity index is 1.43. The SMILES string of the molecule is CCOC(=O)c1c(NC(=S)NC(=O)c2ccc(S(=O)(=O)N3CCCC3)cc2)sc2c1CCC2. The molecule has 1 aromatic carbocycles. The molecule has 0 saturated carbocycles. The molecule has 2 aliphatic rings. The zero-order valence-electron chi connectivity index (χ0n) is 18.2. The Morgan fingerprint density at radius 2 is 1.82 bits per heavy atom. The maximum Gasteiger partial charge on any atom is 0.341 e. The van der Waals surface area contributed by atoms with Crippen molar-refractivity contribution in [3.05, 3.63) is 45.8 Å². The summed E-state index contributed by atoms with van der Waals surface area (Å²) in [5, 5.41) is 6.18. The van der Waals surface area contributed by atoms with Crippen LogP contribution in [0.25, 0.3) is 0 Å². The van der Waals surface area contributed by atoms with Crippen molar-refractivity contribution in [3.63, 3.8) is 0 Å². The number of rotatable bonds is 6. The topological polar surface area (TPSA) is 105 Å². The third-order valence-corrected chi connectivity index (χ3v) is 9.00. The first-order chi connectivity index (χ1) is 15.8. The highest BCUT2D eigenvalue weighted by molar-refractivity contribution is 7.89. The minimum absolute atomic E-state index is 0.0548. The van der Waals surface area contributed by atoms with E-state index in [1.54, 1.807) is 6.92 Å². The van der Waals surface area contributed by atoms with Crippen molar-refractivity contribution in [1.82, 2.24) is 9.62 Å². The molecule has 1 aromatic heterocycles. The van der Waals surface area contributed by atoms with Crippen LogP contribution in [0.3, 0.4) is 0 Å². The maximum absolute atomic E-state index is 12.6. The molecule has 2 heterocycles. The summed E-state index contributed by atoms with van der Waals surface area (Å²) in [6.45, 7) is 3.06. The van der Waals surface area contributed by atoms with E-state index in [1.165, 1.54) is 39.9 Å². The van der Waals surface area contributed by atoms with Gasteiger partial charge in [0.25, 0.3) is 5.91 Å². The molecular formula is C22H25N3O5S3. The summed E-state index contributed by atoms with van der Waals surface area (Å²) in [6, 6.07) is 5.79. The molecule has 0 bridgehead atoms. The lowest BCUT2D eigenvalue weighted by atomic mass is 10.1. The lowest BCUT2D eigenvalue weighted by Crippen LogP contribution is -2.34. The number of thiocarbonyl (C=S) groups is 1. The summed E-state index contributed by atoms with van der Waals surface area (Å²) in [5.41, 5.74) is 1.76. The number of amides is 1. The first-order valence-corrected chi connectivity index (χ1v) is 13.5. The molecule has 0 spiro atoms. The summed E-state index contributed by atoms with van der Waals surface area (Å²) in [5.74, 6) is -0.872. The van der Waals surface area contributed by atoms with Crippen molar-refractivity contribution in [2.75, 3.05) is 25.0 Å². The van der Waals surface area contributed by atoms with Crippen LogP contribution in [0.5, 0.6) is 0 Å². The van der Waals surface area contributed by atoms with Gasteiger partial charge in [-0.1, -0.05) is 0 Å². The first kappa shape index (κ1) is 23.8. The van der Waals surface area contributed by atoms with E-state index in [2.05, 4.69) is 10.6 Å². The second kappa shape index (κ2) is 9.88. The third-order valence-electron chi connectivity index (χ3n) is 5.67. The highest BCUT2D eigenvalue weighted by atomic mass is 32.2. The van der Waals surface area contributed by atoms with Gasteiger partial charge >= 0.3 is 5.97 Å². The fourth-order valence-corrected chi connectivity index (χ4v) is 7.14. The lowest BCUT2D eigenvalue weighted by Gasteiger charge is -2.15. The molecule has 33 heavy (non-hydrogen) atoms. The van der Waals surface area contributed by atoms with Crippen LogP contribution in [-0.4, -0.2) is 49.4 Å².